The summed E-state index contributed by atoms with van der Waals surface area (Å²) in [7, 11) is 0. The van der Waals surface area contributed by atoms with E-state index in [1.54, 1.807) is 0 Å². The quantitative estimate of drug-likeness (QED) is 0.144. The summed E-state index contributed by atoms with van der Waals surface area (Å²) in [5.74, 6) is -10.2. The Labute approximate surface area is 151 Å². The lowest BCUT2D eigenvalue weighted by Crippen LogP contribution is -2.85. The van der Waals surface area contributed by atoms with Crippen molar-refractivity contribution in [2.45, 2.75) is 50.1 Å². The summed E-state index contributed by atoms with van der Waals surface area (Å²) in [6, 6.07) is 0. The molecule has 5 N–H and O–H groups in total. The largest absolute Gasteiger partial charge is 0.487 e. The van der Waals surface area contributed by atoms with Crippen LogP contribution >= 0.6 is 0 Å². The second-order valence-electron chi connectivity index (χ2n) is 5.94. The van der Waals surface area contributed by atoms with Crippen molar-refractivity contribution < 1.29 is 54.4 Å². The molecule has 13 heteroatoms. The Morgan fingerprint density at radius 2 is 1.15 bits per heavy atom. The molecule has 0 radical (unpaired) electrons. The molecule has 0 bridgehead atoms. The summed E-state index contributed by atoms with van der Waals surface area (Å²) in [5, 5.41) is 62.5. The van der Waals surface area contributed by atoms with E-state index in [0.717, 1.165) is 0 Å². The number of ketones is 4. The van der Waals surface area contributed by atoms with Crippen LogP contribution in [0, 0.1) is 10.1 Å². The van der Waals surface area contributed by atoms with Gasteiger partial charge in [-0.15, -0.1) is 0 Å². The zero-order valence-corrected chi connectivity index (χ0v) is 14.7. The summed E-state index contributed by atoms with van der Waals surface area (Å²) in [6.45, 7) is -0.356. The van der Waals surface area contributed by atoms with Crippen molar-refractivity contribution in [2.24, 2.45) is 0 Å². The Hall–Kier alpha value is -2.45. The SMILES string of the molecule is CC(=O)[C@](O)(C(=O)[N+](=O)[O-])[C@](O)(C(C)=O)[C@](O)(C(C)=O)[C@](O)(CO)C(C)=O. The van der Waals surface area contributed by atoms with Gasteiger partial charge in [-0.25, -0.2) is 4.79 Å². The van der Waals surface area contributed by atoms with Crippen LogP contribution in [0.4, 0.5) is 0 Å². The van der Waals surface area contributed by atoms with E-state index >= 15 is 0 Å². The van der Waals surface area contributed by atoms with E-state index in [-0.39, 0.29) is 0 Å². The fourth-order valence-electron chi connectivity index (χ4n) is 2.79. The molecule has 0 unspecified atom stereocenters. The molecule has 0 aliphatic heterocycles. The monoisotopic (exact) mass is 393 g/mol. The van der Waals surface area contributed by atoms with Crippen molar-refractivity contribution >= 4 is 29.0 Å². The zero-order valence-electron chi connectivity index (χ0n) is 14.7. The van der Waals surface area contributed by atoms with Gasteiger partial charge in [0.05, 0.1) is 6.61 Å². The molecule has 0 saturated heterocycles. The van der Waals surface area contributed by atoms with Crippen molar-refractivity contribution in [3.05, 3.63) is 10.1 Å². The molecule has 27 heavy (non-hydrogen) atoms. The van der Waals surface area contributed by atoms with Crippen LogP contribution in [0.15, 0.2) is 0 Å². The first-order valence-electron chi connectivity index (χ1n) is 7.17. The molecule has 0 aromatic rings. The molecule has 0 rings (SSSR count). The van der Waals surface area contributed by atoms with Crippen LogP contribution in [0.5, 0.6) is 0 Å². The van der Waals surface area contributed by atoms with Gasteiger partial charge in [-0.1, -0.05) is 0 Å². The number of nitrogens with zero attached hydrogens (tertiary/aromatic N) is 1. The molecule has 0 aromatic carbocycles. The molecular formula is C14H19NO12. The van der Waals surface area contributed by atoms with Gasteiger partial charge >= 0.3 is 5.91 Å². The lowest BCUT2D eigenvalue weighted by Gasteiger charge is -2.50. The predicted octanol–water partition coefficient (Wildman–Crippen LogP) is -3.94. The third kappa shape index (κ3) is 2.89. The van der Waals surface area contributed by atoms with Gasteiger partial charge < -0.3 is 25.5 Å². The molecule has 152 valence electrons. The summed E-state index contributed by atoms with van der Waals surface area (Å²) in [5.41, 5.74) is -16.8. The number of rotatable bonds is 9. The molecule has 0 fully saturated rings. The van der Waals surface area contributed by atoms with Crippen LogP contribution in [-0.2, 0) is 24.0 Å². The van der Waals surface area contributed by atoms with Gasteiger partial charge in [0.15, 0.2) is 28.7 Å². The summed E-state index contributed by atoms with van der Waals surface area (Å²) >= 11 is 0. The molecule has 0 aromatic heterocycles. The Morgan fingerprint density at radius 3 is 1.33 bits per heavy atom. The minimum absolute atomic E-state index is 0.307. The maximum Gasteiger partial charge on any atom is 0.487 e. The maximum absolute atomic E-state index is 12.1. The highest BCUT2D eigenvalue weighted by Crippen LogP contribution is 2.43. The third-order valence-corrected chi connectivity index (χ3v) is 4.46. The van der Waals surface area contributed by atoms with Crippen molar-refractivity contribution in [1.29, 1.82) is 0 Å². The van der Waals surface area contributed by atoms with Crippen LogP contribution in [0.3, 0.4) is 0 Å². The van der Waals surface area contributed by atoms with E-state index in [0.29, 0.717) is 27.7 Å². The first kappa shape index (κ1) is 24.6. The number of aliphatic hydroxyl groups is 5. The summed E-state index contributed by atoms with van der Waals surface area (Å²) in [4.78, 5) is 68.7. The van der Waals surface area contributed by atoms with E-state index < -0.39 is 63.0 Å². The van der Waals surface area contributed by atoms with Gasteiger partial charge in [0.25, 0.3) is 5.60 Å². The molecule has 0 saturated carbocycles. The average Bonchev–Trinajstić information content (AvgIpc) is 2.56. The number of carbonyl (C=O) groups is 5. The van der Waals surface area contributed by atoms with E-state index in [4.69, 9.17) is 0 Å². The topological polar surface area (TPSA) is 230 Å². The Kier molecular flexibility index (Phi) is 6.62. The van der Waals surface area contributed by atoms with Crippen molar-refractivity contribution in [2.75, 3.05) is 6.61 Å². The molecule has 1 amide bonds. The van der Waals surface area contributed by atoms with Gasteiger partial charge in [-0.2, -0.15) is 0 Å². The Bertz CT molecular complexity index is 732. The second kappa shape index (κ2) is 7.28. The minimum Gasteiger partial charge on any atom is -0.393 e. The van der Waals surface area contributed by atoms with Crippen LogP contribution in [0.2, 0.25) is 0 Å². The number of aliphatic hydroxyl groups excluding tert-OH is 1. The minimum atomic E-state index is -4.43. The highest BCUT2D eigenvalue weighted by molar-refractivity contribution is 6.16. The van der Waals surface area contributed by atoms with Crippen molar-refractivity contribution in [3.63, 3.8) is 0 Å². The van der Waals surface area contributed by atoms with Gasteiger partial charge in [0.1, 0.15) is 4.92 Å². The zero-order chi connectivity index (χ0) is 22.2. The van der Waals surface area contributed by atoms with Crippen LogP contribution in [0.1, 0.15) is 27.7 Å². The average molecular weight is 393 g/mol. The predicted molar refractivity (Wildman–Crippen MR) is 81.6 cm³/mol. The van der Waals surface area contributed by atoms with Crippen LogP contribution < -0.4 is 0 Å². The molecule has 13 nitrogen and oxygen atoms in total. The number of carbonyl (C=O) groups excluding carboxylic acids is 5. The molecular weight excluding hydrogens is 374 g/mol. The molecule has 4 atom stereocenters. The lowest BCUT2D eigenvalue weighted by atomic mass is 9.58. The van der Waals surface area contributed by atoms with Crippen molar-refractivity contribution in [1.82, 2.24) is 0 Å². The highest BCUT2D eigenvalue weighted by Gasteiger charge is 2.81. The van der Waals surface area contributed by atoms with Gasteiger partial charge in [-0.05, 0) is 27.7 Å². The summed E-state index contributed by atoms with van der Waals surface area (Å²) in [6.07, 6.45) is 0. The molecule has 0 heterocycles. The first-order chi connectivity index (χ1) is 11.9. The molecule has 0 aliphatic carbocycles. The number of hydrogen-bond donors (Lipinski definition) is 5. The number of nitro groups is 1. The highest BCUT2D eigenvalue weighted by atomic mass is 16.6. The van der Waals surface area contributed by atoms with Gasteiger partial charge in [-0.3, -0.25) is 29.3 Å². The Morgan fingerprint density at radius 1 is 0.778 bits per heavy atom. The number of amides is 1. The van der Waals surface area contributed by atoms with Gasteiger partial charge in [0, 0.05) is 0 Å². The summed E-state index contributed by atoms with van der Waals surface area (Å²) < 4.78 is 0. The van der Waals surface area contributed by atoms with Gasteiger partial charge in [0.2, 0.25) is 11.2 Å². The Balaban J connectivity index is 7.62. The standard InChI is InChI=1S/C14H19NO12/c1-6(17)11(22,5-16)13(24,8(3)19)14(25,9(4)20)12(23,7(2)18)10(21)15(26)27/h16,22-25H,5H2,1-4H3/t11-,12-,13-,14+/m0/s1. The normalized spacial score (nSPS) is 20.2. The molecule has 0 spiro atoms. The number of Topliss-reactive ketones (excluding diaryl/α,β-unsaturated/α-hetero) is 4. The van der Waals surface area contributed by atoms with Crippen molar-refractivity contribution in [3.8, 4) is 0 Å². The maximum atomic E-state index is 12.1. The second-order valence-corrected chi connectivity index (χ2v) is 5.94. The first-order valence-corrected chi connectivity index (χ1v) is 7.17. The van der Waals surface area contributed by atoms with E-state index in [1.807, 2.05) is 0 Å². The van der Waals surface area contributed by atoms with E-state index in [9.17, 15) is 59.6 Å². The number of hydrogen-bond acceptors (Lipinski definition) is 12. The van der Waals surface area contributed by atoms with Crippen LogP contribution in [0.25, 0.3) is 0 Å². The van der Waals surface area contributed by atoms with Crippen LogP contribution in [-0.4, -0.2) is 88.5 Å². The fourth-order valence-corrected chi connectivity index (χ4v) is 2.79. The van der Waals surface area contributed by atoms with E-state index in [2.05, 4.69) is 0 Å². The fraction of sp³-hybridized carbons (Fsp3) is 0.643. The third-order valence-electron chi connectivity index (χ3n) is 4.46. The van der Waals surface area contributed by atoms with E-state index in [1.165, 1.54) is 0 Å². The lowest BCUT2D eigenvalue weighted by molar-refractivity contribution is -0.419. The molecule has 0 aliphatic rings. The smallest absolute Gasteiger partial charge is 0.393 e.